The number of urea groups is 1. The van der Waals surface area contributed by atoms with Gasteiger partial charge in [0.25, 0.3) is 5.91 Å². The molecule has 168 valence electrons. The molecule has 0 saturated carbocycles. The Bertz CT molecular complexity index is 1150. The van der Waals surface area contributed by atoms with Crippen LogP contribution in [0.5, 0.6) is 11.5 Å². The van der Waals surface area contributed by atoms with E-state index in [0.717, 1.165) is 0 Å². The quantitative estimate of drug-likeness (QED) is 0.494. The molecule has 0 aliphatic carbocycles. The van der Waals surface area contributed by atoms with E-state index in [1.54, 1.807) is 42.5 Å². The third kappa shape index (κ3) is 6.01. The molecule has 0 aromatic heterocycles. The number of ether oxygens (including phenoxy) is 3. The fourth-order valence-corrected chi connectivity index (χ4v) is 3.04. The average molecular weight is 447 g/mol. The Kier molecular flexibility index (Phi) is 6.70. The summed E-state index contributed by atoms with van der Waals surface area (Å²) >= 11 is 0. The van der Waals surface area contributed by atoms with Gasteiger partial charge >= 0.3 is 12.0 Å². The number of benzene rings is 3. The molecule has 9 heteroatoms. The minimum Gasteiger partial charge on any atom is -0.486 e. The largest absolute Gasteiger partial charge is 0.486 e. The number of hydrogen-bond donors (Lipinski definition) is 3. The van der Waals surface area contributed by atoms with Gasteiger partial charge in [-0.2, -0.15) is 0 Å². The zero-order chi connectivity index (χ0) is 23.0. The van der Waals surface area contributed by atoms with Crippen molar-refractivity contribution in [1.82, 2.24) is 0 Å². The van der Waals surface area contributed by atoms with Crippen molar-refractivity contribution >= 4 is 35.0 Å². The molecule has 3 amide bonds. The highest BCUT2D eigenvalue weighted by atomic mass is 16.6. The van der Waals surface area contributed by atoms with E-state index in [1.165, 1.54) is 12.1 Å². The van der Waals surface area contributed by atoms with Gasteiger partial charge in [-0.05, 0) is 48.5 Å². The molecule has 9 nitrogen and oxygen atoms in total. The average Bonchev–Trinajstić information content (AvgIpc) is 2.83. The van der Waals surface area contributed by atoms with Crippen LogP contribution in [0, 0.1) is 0 Å². The maximum absolute atomic E-state index is 12.2. The van der Waals surface area contributed by atoms with Gasteiger partial charge in [0.05, 0.1) is 5.56 Å². The van der Waals surface area contributed by atoms with Crippen LogP contribution in [0.1, 0.15) is 10.4 Å². The van der Waals surface area contributed by atoms with Crippen LogP contribution in [0.3, 0.4) is 0 Å². The van der Waals surface area contributed by atoms with Crippen LogP contribution in [0.15, 0.2) is 72.8 Å². The second kappa shape index (κ2) is 10.2. The van der Waals surface area contributed by atoms with E-state index in [-0.39, 0.29) is 5.56 Å². The van der Waals surface area contributed by atoms with Crippen LogP contribution in [0.25, 0.3) is 0 Å². The Morgan fingerprint density at radius 2 is 1.36 bits per heavy atom. The number of carbonyl (C=O) groups excluding carboxylic acids is 3. The van der Waals surface area contributed by atoms with Crippen LogP contribution < -0.4 is 25.4 Å². The summed E-state index contributed by atoms with van der Waals surface area (Å²) in [6.07, 6.45) is 0. The molecular formula is C24H21N3O6. The molecule has 0 fully saturated rings. The molecule has 0 unspecified atom stereocenters. The molecular weight excluding hydrogens is 426 g/mol. The van der Waals surface area contributed by atoms with Gasteiger partial charge in [-0.3, -0.25) is 4.79 Å². The molecule has 3 aromatic rings. The lowest BCUT2D eigenvalue weighted by molar-refractivity contribution is -0.119. The fourth-order valence-electron chi connectivity index (χ4n) is 3.04. The monoisotopic (exact) mass is 447 g/mol. The van der Waals surface area contributed by atoms with Crippen molar-refractivity contribution in [2.75, 3.05) is 35.8 Å². The van der Waals surface area contributed by atoms with Crippen molar-refractivity contribution in [2.45, 2.75) is 0 Å². The number of anilines is 3. The number of nitrogens with one attached hydrogen (secondary N) is 3. The minimum atomic E-state index is -0.660. The summed E-state index contributed by atoms with van der Waals surface area (Å²) in [6.45, 7) is 0.466. The lowest BCUT2D eigenvalue weighted by Gasteiger charge is -2.19. The molecule has 1 aliphatic heterocycles. The molecule has 0 radical (unpaired) electrons. The maximum Gasteiger partial charge on any atom is 0.338 e. The fraction of sp³-hybridized carbons (Fsp3) is 0.125. The third-order valence-electron chi connectivity index (χ3n) is 4.57. The minimum absolute atomic E-state index is 0.246. The molecule has 3 N–H and O–H groups in total. The predicted molar refractivity (Wildman–Crippen MR) is 122 cm³/mol. The topological polar surface area (TPSA) is 115 Å². The van der Waals surface area contributed by atoms with E-state index in [9.17, 15) is 14.4 Å². The number of esters is 1. The van der Waals surface area contributed by atoms with E-state index in [2.05, 4.69) is 16.0 Å². The Labute approximate surface area is 189 Å². The molecule has 0 spiro atoms. The lowest BCUT2D eigenvalue weighted by Crippen LogP contribution is -2.21. The van der Waals surface area contributed by atoms with Crippen LogP contribution in [0.4, 0.5) is 21.9 Å². The van der Waals surface area contributed by atoms with E-state index in [1.807, 2.05) is 18.2 Å². The second-order valence-electron chi connectivity index (χ2n) is 7.01. The first kappa shape index (κ1) is 21.7. The van der Waals surface area contributed by atoms with Crippen LogP contribution in [-0.4, -0.2) is 37.7 Å². The Balaban J connectivity index is 1.24. The molecule has 0 saturated heterocycles. The van der Waals surface area contributed by atoms with Gasteiger partial charge in [-0.25, -0.2) is 9.59 Å². The van der Waals surface area contributed by atoms with Gasteiger partial charge in [0.15, 0.2) is 18.1 Å². The standard InChI is InChI=1S/C24H21N3O6/c28-22(25-19-10-11-20-21(14-19)32-13-12-31-20)15-33-23(29)16-6-8-18(9-7-16)27-24(30)26-17-4-2-1-3-5-17/h1-11,14H,12-13,15H2,(H,25,28)(H2,26,27,30). The van der Waals surface area contributed by atoms with Crippen LogP contribution >= 0.6 is 0 Å². The van der Waals surface area contributed by atoms with Gasteiger partial charge in [-0.1, -0.05) is 18.2 Å². The number of para-hydroxylation sites is 1. The molecule has 1 aliphatic rings. The molecule has 1 heterocycles. The van der Waals surface area contributed by atoms with Crippen LogP contribution in [-0.2, 0) is 9.53 Å². The number of carbonyl (C=O) groups is 3. The first-order valence-corrected chi connectivity index (χ1v) is 10.2. The summed E-state index contributed by atoms with van der Waals surface area (Å²) in [6, 6.07) is 19.7. The maximum atomic E-state index is 12.2. The lowest BCUT2D eigenvalue weighted by atomic mass is 10.2. The summed E-state index contributed by atoms with van der Waals surface area (Å²) in [5, 5.41) is 8.01. The summed E-state index contributed by atoms with van der Waals surface area (Å²) in [4.78, 5) is 36.4. The molecule has 33 heavy (non-hydrogen) atoms. The van der Waals surface area contributed by atoms with Crippen molar-refractivity contribution in [3.8, 4) is 11.5 Å². The van der Waals surface area contributed by atoms with E-state index in [0.29, 0.717) is 41.8 Å². The number of hydrogen-bond acceptors (Lipinski definition) is 6. The van der Waals surface area contributed by atoms with Gasteiger partial charge in [0.2, 0.25) is 0 Å². The Morgan fingerprint density at radius 1 is 0.727 bits per heavy atom. The predicted octanol–water partition coefficient (Wildman–Crippen LogP) is 3.90. The zero-order valence-electron chi connectivity index (χ0n) is 17.5. The third-order valence-corrected chi connectivity index (χ3v) is 4.57. The molecule has 0 atom stereocenters. The highest BCUT2D eigenvalue weighted by molar-refractivity contribution is 6.00. The van der Waals surface area contributed by atoms with Gasteiger partial charge < -0.3 is 30.2 Å². The van der Waals surface area contributed by atoms with E-state index < -0.39 is 24.5 Å². The second-order valence-corrected chi connectivity index (χ2v) is 7.01. The van der Waals surface area contributed by atoms with Gasteiger partial charge in [0, 0.05) is 23.1 Å². The van der Waals surface area contributed by atoms with Crippen LogP contribution in [0.2, 0.25) is 0 Å². The zero-order valence-corrected chi connectivity index (χ0v) is 17.5. The highest BCUT2D eigenvalue weighted by Crippen LogP contribution is 2.32. The molecule has 0 bridgehead atoms. The normalized spacial score (nSPS) is 11.8. The summed E-state index contributed by atoms with van der Waals surface area (Å²) in [7, 11) is 0. The Hall–Kier alpha value is -4.53. The first-order chi connectivity index (χ1) is 16.1. The van der Waals surface area contributed by atoms with E-state index >= 15 is 0 Å². The van der Waals surface area contributed by atoms with Crippen molar-refractivity contribution < 1.29 is 28.6 Å². The highest BCUT2D eigenvalue weighted by Gasteiger charge is 2.14. The van der Waals surface area contributed by atoms with E-state index in [4.69, 9.17) is 14.2 Å². The van der Waals surface area contributed by atoms with Crippen molar-refractivity contribution in [3.63, 3.8) is 0 Å². The summed E-state index contributed by atoms with van der Waals surface area (Å²) in [5.41, 5.74) is 1.90. The van der Waals surface area contributed by atoms with Crippen molar-refractivity contribution in [1.29, 1.82) is 0 Å². The Morgan fingerprint density at radius 3 is 2.09 bits per heavy atom. The molecule has 3 aromatic carbocycles. The van der Waals surface area contributed by atoms with Gasteiger partial charge in [0.1, 0.15) is 13.2 Å². The summed E-state index contributed by atoms with van der Waals surface area (Å²) < 4.78 is 16.0. The van der Waals surface area contributed by atoms with Gasteiger partial charge in [-0.15, -0.1) is 0 Å². The van der Waals surface area contributed by atoms with Crippen molar-refractivity contribution in [2.24, 2.45) is 0 Å². The molecule has 4 rings (SSSR count). The number of fused-ring (bicyclic) bond motifs is 1. The SMILES string of the molecule is O=C(COC(=O)c1ccc(NC(=O)Nc2ccccc2)cc1)Nc1ccc2c(c1)OCCO2. The first-order valence-electron chi connectivity index (χ1n) is 10.2. The number of amides is 3. The smallest absolute Gasteiger partial charge is 0.338 e. The number of rotatable bonds is 6. The summed E-state index contributed by atoms with van der Waals surface area (Å²) in [5.74, 6) is 0.00636. The van der Waals surface area contributed by atoms with Crippen molar-refractivity contribution in [3.05, 3.63) is 78.4 Å².